The highest BCUT2D eigenvalue weighted by molar-refractivity contribution is 7.91. The molecule has 0 aromatic carbocycles. The molecular formula is C13H19NO4S2. The molecule has 1 unspecified atom stereocenters. The second kappa shape index (κ2) is 6.24. The van der Waals surface area contributed by atoms with E-state index < -0.39 is 16.0 Å². The normalized spacial score (nSPS) is 21.6. The second-order valence-electron chi connectivity index (χ2n) is 5.23. The van der Waals surface area contributed by atoms with Gasteiger partial charge in [0.05, 0.1) is 6.42 Å². The van der Waals surface area contributed by atoms with E-state index in [1.54, 1.807) is 6.07 Å². The van der Waals surface area contributed by atoms with Gasteiger partial charge >= 0.3 is 5.97 Å². The minimum Gasteiger partial charge on any atom is -0.481 e. The van der Waals surface area contributed by atoms with Crippen molar-refractivity contribution in [3.63, 3.8) is 0 Å². The summed E-state index contributed by atoms with van der Waals surface area (Å²) in [5.41, 5.74) is 0. The summed E-state index contributed by atoms with van der Waals surface area (Å²) in [6, 6.07) is 3.11. The Labute approximate surface area is 123 Å². The summed E-state index contributed by atoms with van der Waals surface area (Å²) in [6.07, 6.45) is 2.69. The summed E-state index contributed by atoms with van der Waals surface area (Å²) < 4.78 is 26.9. The van der Waals surface area contributed by atoms with Crippen LogP contribution < -0.4 is 0 Å². The van der Waals surface area contributed by atoms with Crippen LogP contribution in [0.3, 0.4) is 0 Å². The van der Waals surface area contributed by atoms with Crippen molar-refractivity contribution in [2.75, 3.05) is 13.1 Å². The molecule has 0 spiro atoms. The molecule has 7 heteroatoms. The lowest BCUT2D eigenvalue weighted by atomic mass is 10.0. The van der Waals surface area contributed by atoms with Crippen molar-refractivity contribution >= 4 is 27.3 Å². The smallest absolute Gasteiger partial charge is 0.308 e. The third-order valence-electron chi connectivity index (χ3n) is 3.53. The van der Waals surface area contributed by atoms with Crippen LogP contribution in [0.4, 0.5) is 0 Å². The summed E-state index contributed by atoms with van der Waals surface area (Å²) in [4.78, 5) is 11.2. The average Bonchev–Trinajstić information content (AvgIpc) is 2.70. The molecule has 1 aliphatic heterocycles. The molecule has 0 aliphatic carbocycles. The van der Waals surface area contributed by atoms with Crippen LogP contribution in [0.1, 0.15) is 31.1 Å². The molecule has 1 fully saturated rings. The monoisotopic (exact) mass is 317 g/mol. The van der Waals surface area contributed by atoms with E-state index >= 15 is 0 Å². The molecule has 0 amide bonds. The molecule has 1 aromatic heterocycles. The molecule has 1 aliphatic rings. The Balaban J connectivity index is 2.16. The van der Waals surface area contributed by atoms with Crippen molar-refractivity contribution in [3.05, 3.63) is 17.0 Å². The molecule has 2 heterocycles. The van der Waals surface area contributed by atoms with Crippen LogP contribution in [0.5, 0.6) is 0 Å². The molecule has 2 rings (SSSR count). The summed E-state index contributed by atoms with van der Waals surface area (Å²) in [7, 11) is -3.46. The van der Waals surface area contributed by atoms with Gasteiger partial charge in [-0.05, 0) is 37.3 Å². The van der Waals surface area contributed by atoms with Crippen LogP contribution in [0.15, 0.2) is 16.3 Å². The molecule has 0 radical (unpaired) electrons. The molecule has 0 bridgehead atoms. The quantitative estimate of drug-likeness (QED) is 0.923. The maximum atomic E-state index is 12.5. The van der Waals surface area contributed by atoms with Crippen LogP contribution >= 0.6 is 11.3 Å². The van der Waals surface area contributed by atoms with E-state index in [2.05, 4.69) is 6.92 Å². The number of carboxylic acid groups (broad SMARTS) is 1. The predicted octanol–water partition coefficient (Wildman–Crippen LogP) is 2.19. The molecule has 1 saturated heterocycles. The minimum absolute atomic E-state index is 0.128. The first-order valence-corrected chi connectivity index (χ1v) is 8.96. The standard InChI is InChI=1S/C13H19NO4S2/c1-10-3-2-7-14(8-6-10)20(17,18)13-5-4-11(19-13)9-12(15)16/h4-5,10H,2-3,6-9H2,1H3,(H,15,16). The molecular weight excluding hydrogens is 298 g/mol. The highest BCUT2D eigenvalue weighted by Gasteiger charge is 2.28. The van der Waals surface area contributed by atoms with Gasteiger partial charge in [0.15, 0.2) is 0 Å². The number of nitrogens with zero attached hydrogens (tertiary/aromatic N) is 1. The first kappa shape index (κ1) is 15.5. The Bertz CT molecular complexity index is 579. The predicted molar refractivity (Wildman–Crippen MR) is 77.4 cm³/mol. The second-order valence-corrected chi connectivity index (χ2v) is 8.56. The molecule has 1 atom stereocenters. The Hall–Kier alpha value is -0.920. The van der Waals surface area contributed by atoms with Crippen LogP contribution in [-0.2, 0) is 21.2 Å². The van der Waals surface area contributed by atoms with Crippen LogP contribution in [0.2, 0.25) is 0 Å². The van der Waals surface area contributed by atoms with Gasteiger partial charge in [-0.25, -0.2) is 8.42 Å². The molecule has 1 aromatic rings. The lowest BCUT2D eigenvalue weighted by molar-refractivity contribution is -0.136. The fourth-order valence-electron chi connectivity index (χ4n) is 2.35. The lowest BCUT2D eigenvalue weighted by Gasteiger charge is -2.18. The van der Waals surface area contributed by atoms with E-state index in [0.29, 0.717) is 23.9 Å². The van der Waals surface area contributed by atoms with E-state index in [4.69, 9.17) is 5.11 Å². The molecule has 20 heavy (non-hydrogen) atoms. The van der Waals surface area contributed by atoms with Crippen LogP contribution in [0.25, 0.3) is 0 Å². The topological polar surface area (TPSA) is 74.7 Å². The number of thiophene rings is 1. The zero-order valence-electron chi connectivity index (χ0n) is 11.4. The van der Waals surface area contributed by atoms with E-state index in [9.17, 15) is 13.2 Å². The van der Waals surface area contributed by atoms with Crippen molar-refractivity contribution in [1.82, 2.24) is 4.31 Å². The van der Waals surface area contributed by atoms with E-state index in [1.165, 1.54) is 10.4 Å². The Morgan fingerprint density at radius 1 is 1.40 bits per heavy atom. The van der Waals surface area contributed by atoms with Gasteiger partial charge in [0.2, 0.25) is 0 Å². The Kier molecular flexibility index (Phi) is 4.82. The van der Waals surface area contributed by atoms with E-state index in [-0.39, 0.29) is 10.6 Å². The molecule has 5 nitrogen and oxygen atoms in total. The van der Waals surface area contributed by atoms with E-state index in [1.807, 2.05) is 0 Å². The maximum absolute atomic E-state index is 12.5. The van der Waals surface area contributed by atoms with Crippen molar-refractivity contribution in [3.8, 4) is 0 Å². The van der Waals surface area contributed by atoms with Gasteiger partial charge in [0, 0.05) is 18.0 Å². The minimum atomic E-state index is -3.46. The fraction of sp³-hybridized carbons (Fsp3) is 0.615. The van der Waals surface area contributed by atoms with Gasteiger partial charge in [0.25, 0.3) is 10.0 Å². The highest BCUT2D eigenvalue weighted by atomic mass is 32.2. The first-order valence-electron chi connectivity index (χ1n) is 6.70. The van der Waals surface area contributed by atoms with Crippen LogP contribution in [0, 0.1) is 5.92 Å². The van der Waals surface area contributed by atoms with Gasteiger partial charge in [-0.1, -0.05) is 6.92 Å². The number of carbonyl (C=O) groups is 1. The number of hydrogen-bond donors (Lipinski definition) is 1. The zero-order chi connectivity index (χ0) is 14.8. The first-order chi connectivity index (χ1) is 9.39. The Morgan fingerprint density at radius 3 is 2.85 bits per heavy atom. The maximum Gasteiger partial charge on any atom is 0.308 e. The third kappa shape index (κ3) is 3.59. The Morgan fingerprint density at radius 2 is 2.15 bits per heavy atom. The van der Waals surface area contributed by atoms with Gasteiger partial charge < -0.3 is 5.11 Å². The van der Waals surface area contributed by atoms with Crippen molar-refractivity contribution < 1.29 is 18.3 Å². The van der Waals surface area contributed by atoms with E-state index in [0.717, 1.165) is 30.6 Å². The summed E-state index contributed by atoms with van der Waals surface area (Å²) in [6.45, 7) is 3.25. The number of aliphatic carboxylic acids is 1. The van der Waals surface area contributed by atoms with Crippen molar-refractivity contribution in [1.29, 1.82) is 0 Å². The average molecular weight is 317 g/mol. The SMILES string of the molecule is CC1CCCN(S(=O)(=O)c2ccc(CC(=O)O)s2)CC1. The number of carboxylic acids is 1. The van der Waals surface area contributed by atoms with Gasteiger partial charge in [0.1, 0.15) is 4.21 Å². The van der Waals surface area contributed by atoms with Gasteiger partial charge in [-0.15, -0.1) is 11.3 Å². The zero-order valence-corrected chi connectivity index (χ0v) is 13.0. The molecule has 112 valence electrons. The number of hydrogen-bond acceptors (Lipinski definition) is 4. The third-order valence-corrected chi connectivity index (χ3v) is 6.98. The van der Waals surface area contributed by atoms with Crippen molar-refractivity contribution in [2.45, 2.75) is 36.8 Å². The largest absolute Gasteiger partial charge is 0.481 e. The fourth-order valence-corrected chi connectivity index (χ4v) is 5.34. The molecule has 1 N–H and O–H groups in total. The summed E-state index contributed by atoms with van der Waals surface area (Å²) >= 11 is 1.06. The van der Waals surface area contributed by atoms with Gasteiger partial charge in [-0.2, -0.15) is 4.31 Å². The van der Waals surface area contributed by atoms with Crippen LogP contribution in [-0.4, -0.2) is 36.9 Å². The lowest BCUT2D eigenvalue weighted by Crippen LogP contribution is -2.31. The summed E-state index contributed by atoms with van der Waals surface area (Å²) in [5.74, 6) is -0.388. The molecule has 0 saturated carbocycles. The number of sulfonamides is 1. The van der Waals surface area contributed by atoms with Crippen molar-refractivity contribution in [2.24, 2.45) is 5.92 Å². The summed E-state index contributed by atoms with van der Waals surface area (Å²) in [5, 5.41) is 8.74. The van der Waals surface area contributed by atoms with Gasteiger partial charge in [-0.3, -0.25) is 4.79 Å². The highest BCUT2D eigenvalue weighted by Crippen LogP contribution is 2.28. The number of rotatable bonds is 4.